The molecule has 0 aliphatic heterocycles. The molecule has 0 saturated heterocycles. The zero-order chi connectivity index (χ0) is 20.1. The SMILES string of the molecule is Cc1cccc(Cc2nc3ccccc3n2CCC(=O)NCc2ccccn2)c1. The molecule has 29 heavy (non-hydrogen) atoms. The van der Waals surface area contributed by atoms with Crippen LogP contribution in [0.4, 0.5) is 0 Å². The van der Waals surface area contributed by atoms with Gasteiger partial charge in [0.1, 0.15) is 5.82 Å². The number of amides is 1. The lowest BCUT2D eigenvalue weighted by molar-refractivity contribution is -0.121. The monoisotopic (exact) mass is 384 g/mol. The summed E-state index contributed by atoms with van der Waals surface area (Å²) in [6.45, 7) is 3.13. The predicted molar refractivity (Wildman–Crippen MR) is 114 cm³/mol. The van der Waals surface area contributed by atoms with Crippen LogP contribution in [0.25, 0.3) is 11.0 Å². The van der Waals surface area contributed by atoms with Crippen molar-refractivity contribution < 1.29 is 4.79 Å². The Morgan fingerprint density at radius 3 is 2.72 bits per heavy atom. The number of aromatic nitrogens is 3. The number of carbonyl (C=O) groups excluding carboxylic acids is 1. The second-order valence-corrected chi connectivity index (χ2v) is 7.18. The molecule has 1 N–H and O–H groups in total. The van der Waals surface area contributed by atoms with Gasteiger partial charge in [0.25, 0.3) is 0 Å². The van der Waals surface area contributed by atoms with Gasteiger partial charge < -0.3 is 9.88 Å². The number of carbonyl (C=O) groups is 1. The number of hydrogen-bond donors (Lipinski definition) is 1. The molecule has 0 bridgehead atoms. The highest BCUT2D eigenvalue weighted by Crippen LogP contribution is 2.19. The molecule has 0 atom stereocenters. The summed E-state index contributed by atoms with van der Waals surface area (Å²) in [6, 6.07) is 22.3. The maximum absolute atomic E-state index is 12.4. The number of rotatable bonds is 7. The second kappa shape index (κ2) is 8.69. The van der Waals surface area contributed by atoms with E-state index in [1.54, 1.807) is 6.20 Å². The maximum Gasteiger partial charge on any atom is 0.222 e. The largest absolute Gasteiger partial charge is 0.350 e. The van der Waals surface area contributed by atoms with Gasteiger partial charge in [-0.15, -0.1) is 0 Å². The summed E-state index contributed by atoms with van der Waals surface area (Å²) in [6.07, 6.45) is 2.87. The van der Waals surface area contributed by atoms with E-state index in [1.165, 1.54) is 11.1 Å². The molecule has 4 rings (SSSR count). The Balaban J connectivity index is 1.49. The Hall–Kier alpha value is -3.47. The quantitative estimate of drug-likeness (QED) is 0.523. The van der Waals surface area contributed by atoms with Gasteiger partial charge in [-0.05, 0) is 36.8 Å². The number of aryl methyl sites for hydroxylation is 2. The van der Waals surface area contributed by atoms with E-state index < -0.39 is 0 Å². The summed E-state index contributed by atoms with van der Waals surface area (Å²) in [5.41, 5.74) is 5.34. The first kappa shape index (κ1) is 18.9. The van der Waals surface area contributed by atoms with Crippen molar-refractivity contribution in [3.63, 3.8) is 0 Å². The number of fused-ring (bicyclic) bond motifs is 1. The molecule has 0 saturated carbocycles. The summed E-state index contributed by atoms with van der Waals surface area (Å²) in [4.78, 5) is 21.5. The van der Waals surface area contributed by atoms with Crippen LogP contribution in [0.15, 0.2) is 72.9 Å². The van der Waals surface area contributed by atoms with Gasteiger partial charge in [-0.1, -0.05) is 48.0 Å². The lowest BCUT2D eigenvalue weighted by Gasteiger charge is -2.10. The molecule has 2 aromatic heterocycles. The number of benzene rings is 2. The molecule has 0 aliphatic carbocycles. The van der Waals surface area contributed by atoms with Crippen molar-refractivity contribution >= 4 is 16.9 Å². The van der Waals surface area contributed by atoms with E-state index in [-0.39, 0.29) is 5.91 Å². The van der Waals surface area contributed by atoms with Gasteiger partial charge in [0.05, 0.1) is 23.3 Å². The van der Waals surface area contributed by atoms with Crippen LogP contribution in [-0.4, -0.2) is 20.4 Å². The maximum atomic E-state index is 12.4. The first-order valence-electron chi connectivity index (χ1n) is 9.85. The molecule has 146 valence electrons. The molecule has 0 spiro atoms. The Morgan fingerprint density at radius 1 is 1.03 bits per heavy atom. The summed E-state index contributed by atoms with van der Waals surface area (Å²) in [5, 5.41) is 2.95. The first-order valence-corrected chi connectivity index (χ1v) is 9.85. The zero-order valence-electron chi connectivity index (χ0n) is 16.5. The molecular formula is C24H24N4O. The fourth-order valence-electron chi connectivity index (χ4n) is 3.51. The zero-order valence-corrected chi connectivity index (χ0v) is 16.5. The summed E-state index contributed by atoms with van der Waals surface area (Å²) in [5.74, 6) is 0.990. The minimum atomic E-state index is 0.00920. The molecule has 5 heteroatoms. The molecule has 1 amide bonds. The van der Waals surface area contributed by atoms with Crippen LogP contribution < -0.4 is 5.32 Å². The van der Waals surface area contributed by atoms with Crippen molar-refractivity contribution in [2.75, 3.05) is 0 Å². The molecule has 5 nitrogen and oxygen atoms in total. The van der Waals surface area contributed by atoms with Crippen LogP contribution >= 0.6 is 0 Å². The average molecular weight is 384 g/mol. The van der Waals surface area contributed by atoms with Gasteiger partial charge in [-0.3, -0.25) is 9.78 Å². The van der Waals surface area contributed by atoms with E-state index in [2.05, 4.69) is 52.1 Å². The smallest absolute Gasteiger partial charge is 0.222 e. The van der Waals surface area contributed by atoms with Crippen LogP contribution in [0.3, 0.4) is 0 Å². The summed E-state index contributed by atoms with van der Waals surface area (Å²) < 4.78 is 2.16. The number of nitrogens with zero attached hydrogens (tertiary/aromatic N) is 3. The lowest BCUT2D eigenvalue weighted by Crippen LogP contribution is -2.24. The highest BCUT2D eigenvalue weighted by Gasteiger charge is 2.12. The van der Waals surface area contributed by atoms with Crippen molar-refractivity contribution in [1.29, 1.82) is 0 Å². The van der Waals surface area contributed by atoms with Crippen molar-refractivity contribution in [1.82, 2.24) is 19.9 Å². The summed E-state index contributed by atoms with van der Waals surface area (Å²) in [7, 11) is 0. The second-order valence-electron chi connectivity index (χ2n) is 7.18. The van der Waals surface area contributed by atoms with Crippen molar-refractivity contribution in [3.05, 3.63) is 95.6 Å². The number of hydrogen-bond acceptors (Lipinski definition) is 3. The minimum absolute atomic E-state index is 0.00920. The van der Waals surface area contributed by atoms with Crippen LogP contribution in [0, 0.1) is 6.92 Å². The van der Waals surface area contributed by atoms with Crippen LogP contribution in [0.1, 0.15) is 29.1 Å². The predicted octanol–water partition coefficient (Wildman–Crippen LogP) is 4.04. The molecule has 2 heterocycles. The van der Waals surface area contributed by atoms with Gasteiger partial charge in [0.15, 0.2) is 0 Å². The molecule has 4 aromatic rings. The highest BCUT2D eigenvalue weighted by atomic mass is 16.1. The fourth-order valence-corrected chi connectivity index (χ4v) is 3.51. The van der Waals surface area contributed by atoms with Gasteiger partial charge >= 0.3 is 0 Å². The fraction of sp³-hybridized carbons (Fsp3) is 0.208. The van der Waals surface area contributed by atoms with Gasteiger partial charge in [0.2, 0.25) is 5.91 Å². The Bertz CT molecular complexity index is 1120. The molecule has 0 aliphatic rings. The normalized spacial score (nSPS) is 10.9. The molecular weight excluding hydrogens is 360 g/mol. The third-order valence-corrected chi connectivity index (χ3v) is 4.93. The standard InChI is InChI=1S/C24H24N4O/c1-18-7-6-8-19(15-18)16-23-27-21-10-2-3-11-22(21)28(23)14-12-24(29)26-17-20-9-4-5-13-25-20/h2-11,13,15H,12,14,16-17H2,1H3,(H,26,29). The summed E-state index contributed by atoms with van der Waals surface area (Å²) >= 11 is 0. The molecule has 0 radical (unpaired) electrons. The van der Waals surface area contributed by atoms with E-state index in [9.17, 15) is 4.79 Å². The molecule has 2 aromatic carbocycles. The van der Waals surface area contributed by atoms with Crippen LogP contribution in [0.5, 0.6) is 0 Å². The number of pyridine rings is 1. The van der Waals surface area contributed by atoms with Gasteiger partial charge in [-0.25, -0.2) is 4.98 Å². The van der Waals surface area contributed by atoms with E-state index in [0.717, 1.165) is 29.0 Å². The van der Waals surface area contributed by atoms with E-state index in [0.29, 0.717) is 19.5 Å². The molecule has 0 unspecified atom stereocenters. The average Bonchev–Trinajstić information content (AvgIpc) is 3.08. The third-order valence-electron chi connectivity index (χ3n) is 4.93. The molecule has 0 fully saturated rings. The third kappa shape index (κ3) is 4.69. The minimum Gasteiger partial charge on any atom is -0.350 e. The Labute approximate surface area is 170 Å². The van der Waals surface area contributed by atoms with Crippen LogP contribution in [-0.2, 0) is 24.3 Å². The lowest BCUT2D eigenvalue weighted by atomic mass is 10.1. The van der Waals surface area contributed by atoms with Crippen molar-refractivity contribution in [2.45, 2.75) is 32.9 Å². The Kier molecular flexibility index (Phi) is 5.66. The number of para-hydroxylation sites is 2. The first-order chi connectivity index (χ1) is 14.2. The number of nitrogens with one attached hydrogen (secondary N) is 1. The highest BCUT2D eigenvalue weighted by molar-refractivity contribution is 5.78. The van der Waals surface area contributed by atoms with Gasteiger partial charge in [-0.2, -0.15) is 0 Å². The van der Waals surface area contributed by atoms with Crippen molar-refractivity contribution in [3.8, 4) is 0 Å². The topological polar surface area (TPSA) is 59.8 Å². The number of imidazole rings is 1. The van der Waals surface area contributed by atoms with E-state index in [1.807, 2.05) is 36.4 Å². The Morgan fingerprint density at radius 2 is 1.90 bits per heavy atom. The van der Waals surface area contributed by atoms with Crippen molar-refractivity contribution in [2.24, 2.45) is 0 Å². The van der Waals surface area contributed by atoms with Crippen LogP contribution in [0.2, 0.25) is 0 Å². The van der Waals surface area contributed by atoms with E-state index >= 15 is 0 Å². The van der Waals surface area contributed by atoms with E-state index in [4.69, 9.17) is 4.98 Å². The van der Waals surface area contributed by atoms with Gasteiger partial charge in [0, 0.05) is 25.6 Å².